The van der Waals surface area contributed by atoms with Gasteiger partial charge in [-0.3, -0.25) is 4.79 Å². The van der Waals surface area contributed by atoms with Gasteiger partial charge in [-0.25, -0.2) is 4.98 Å². The number of likely N-dealkylation sites (N-methyl/N-ethyl adjacent to an activating group) is 1. The van der Waals surface area contributed by atoms with E-state index in [-0.39, 0.29) is 12.5 Å². The highest BCUT2D eigenvalue weighted by atomic mass is 16.5. The molecule has 0 atom stereocenters. The number of amides is 1. The van der Waals surface area contributed by atoms with E-state index in [1.54, 1.807) is 38.4 Å². The molecule has 0 aliphatic rings. The Labute approximate surface area is 196 Å². The van der Waals surface area contributed by atoms with Crippen molar-refractivity contribution >= 4 is 24.1 Å². The molecule has 0 saturated heterocycles. The molecular formula is C25H34N4O4. The van der Waals surface area contributed by atoms with Crippen molar-refractivity contribution in [1.82, 2.24) is 15.2 Å². The van der Waals surface area contributed by atoms with E-state index >= 15 is 0 Å². The Morgan fingerprint density at radius 2 is 2.06 bits per heavy atom. The van der Waals surface area contributed by atoms with Gasteiger partial charge in [0.15, 0.2) is 11.5 Å². The summed E-state index contributed by atoms with van der Waals surface area (Å²) in [5.74, 6) is 2.26. The SMILES string of the molecule is CNc1ncc(/C=C/C(=O)N(C)Cc2cccc(OC)c2OCC(C)C)cc1CNCC=O. The molecule has 178 valence electrons. The van der Waals surface area contributed by atoms with Crippen LogP contribution in [0.25, 0.3) is 6.08 Å². The molecule has 0 fully saturated rings. The van der Waals surface area contributed by atoms with Crippen LogP contribution in [-0.2, 0) is 22.7 Å². The minimum atomic E-state index is -0.147. The lowest BCUT2D eigenvalue weighted by Crippen LogP contribution is -2.24. The highest BCUT2D eigenvalue weighted by Gasteiger charge is 2.15. The van der Waals surface area contributed by atoms with Gasteiger partial charge in [0, 0.05) is 50.6 Å². The number of aldehydes is 1. The summed E-state index contributed by atoms with van der Waals surface area (Å²) in [5.41, 5.74) is 2.58. The number of anilines is 1. The second-order valence-electron chi connectivity index (χ2n) is 8.00. The Morgan fingerprint density at radius 1 is 1.27 bits per heavy atom. The quantitative estimate of drug-likeness (QED) is 0.273. The van der Waals surface area contributed by atoms with Crippen molar-refractivity contribution in [3.63, 3.8) is 0 Å². The standard InChI is InChI=1S/C25H34N4O4/c1-18(2)17-33-24-20(7-6-8-22(24)32-5)16-29(4)23(31)10-9-19-13-21(15-27-11-12-30)25(26-3)28-14-19/h6-10,12-14,18,27H,11,15-17H2,1-5H3,(H,26,28)/b10-9+. The number of methoxy groups -OCH3 is 1. The molecule has 0 aliphatic heterocycles. The molecule has 8 heteroatoms. The first kappa shape index (κ1) is 25.9. The fraction of sp³-hybridized carbons (Fsp3) is 0.400. The molecule has 0 saturated carbocycles. The summed E-state index contributed by atoms with van der Waals surface area (Å²) in [6, 6.07) is 7.61. The van der Waals surface area contributed by atoms with Gasteiger partial charge in [-0.15, -0.1) is 0 Å². The van der Waals surface area contributed by atoms with E-state index in [9.17, 15) is 9.59 Å². The van der Waals surface area contributed by atoms with Crippen LogP contribution in [0.3, 0.4) is 0 Å². The van der Waals surface area contributed by atoms with E-state index in [4.69, 9.17) is 9.47 Å². The zero-order chi connectivity index (χ0) is 24.2. The minimum absolute atomic E-state index is 0.147. The van der Waals surface area contributed by atoms with Crippen LogP contribution in [0.1, 0.15) is 30.5 Å². The van der Waals surface area contributed by atoms with Gasteiger partial charge < -0.3 is 29.8 Å². The molecule has 1 aromatic heterocycles. The van der Waals surface area contributed by atoms with Crippen molar-refractivity contribution in [2.75, 3.05) is 39.7 Å². The first-order valence-electron chi connectivity index (χ1n) is 10.9. The monoisotopic (exact) mass is 454 g/mol. The Hall–Kier alpha value is -3.39. The number of hydrogen-bond donors (Lipinski definition) is 2. The van der Waals surface area contributed by atoms with Crippen LogP contribution < -0.4 is 20.1 Å². The molecule has 2 N–H and O–H groups in total. The molecule has 0 spiro atoms. The maximum absolute atomic E-state index is 12.8. The fourth-order valence-corrected chi connectivity index (χ4v) is 3.13. The summed E-state index contributed by atoms with van der Waals surface area (Å²) in [7, 11) is 5.14. The van der Waals surface area contributed by atoms with Crippen LogP contribution >= 0.6 is 0 Å². The van der Waals surface area contributed by atoms with Gasteiger partial charge in [0.05, 0.1) is 20.3 Å². The second-order valence-corrected chi connectivity index (χ2v) is 8.00. The zero-order valence-electron chi connectivity index (χ0n) is 20.1. The van der Waals surface area contributed by atoms with E-state index in [1.165, 1.54) is 6.08 Å². The predicted octanol–water partition coefficient (Wildman–Crippen LogP) is 3.13. The summed E-state index contributed by atoms with van der Waals surface area (Å²) in [6.45, 7) is 5.86. The Bertz CT molecular complexity index is 959. The van der Waals surface area contributed by atoms with Crippen molar-refractivity contribution in [3.8, 4) is 11.5 Å². The van der Waals surface area contributed by atoms with Crippen molar-refractivity contribution in [1.29, 1.82) is 0 Å². The van der Waals surface area contributed by atoms with Gasteiger partial charge in [-0.1, -0.05) is 26.0 Å². The molecule has 0 unspecified atom stereocenters. The number of rotatable bonds is 13. The highest BCUT2D eigenvalue weighted by molar-refractivity contribution is 5.91. The molecule has 2 rings (SSSR count). The minimum Gasteiger partial charge on any atom is -0.493 e. The number of benzene rings is 1. The smallest absolute Gasteiger partial charge is 0.246 e. The van der Waals surface area contributed by atoms with Crippen molar-refractivity contribution in [3.05, 3.63) is 53.2 Å². The molecule has 2 aromatic rings. The predicted molar refractivity (Wildman–Crippen MR) is 130 cm³/mol. The van der Waals surface area contributed by atoms with Crippen LogP contribution in [0.4, 0.5) is 5.82 Å². The molecule has 8 nitrogen and oxygen atoms in total. The average molecular weight is 455 g/mol. The first-order valence-corrected chi connectivity index (χ1v) is 10.9. The normalized spacial score (nSPS) is 11.0. The summed E-state index contributed by atoms with van der Waals surface area (Å²) < 4.78 is 11.4. The van der Waals surface area contributed by atoms with Crippen LogP contribution in [0.5, 0.6) is 11.5 Å². The lowest BCUT2D eigenvalue weighted by Gasteiger charge is -2.20. The number of aromatic nitrogens is 1. The van der Waals surface area contributed by atoms with Crippen molar-refractivity contribution in [2.24, 2.45) is 5.92 Å². The number of pyridine rings is 1. The van der Waals surface area contributed by atoms with E-state index in [0.717, 1.165) is 28.8 Å². The van der Waals surface area contributed by atoms with Gasteiger partial charge in [0.2, 0.25) is 5.91 Å². The Morgan fingerprint density at radius 3 is 2.73 bits per heavy atom. The topological polar surface area (TPSA) is 92.8 Å². The fourth-order valence-electron chi connectivity index (χ4n) is 3.13. The van der Waals surface area contributed by atoms with Gasteiger partial charge >= 0.3 is 0 Å². The summed E-state index contributed by atoms with van der Waals surface area (Å²) >= 11 is 0. The third kappa shape index (κ3) is 7.91. The Kier molecular flexibility index (Phi) is 10.4. The highest BCUT2D eigenvalue weighted by Crippen LogP contribution is 2.32. The molecule has 0 radical (unpaired) electrons. The molecule has 1 heterocycles. The number of nitrogens with one attached hydrogen (secondary N) is 2. The number of carbonyl (C=O) groups excluding carboxylic acids is 2. The Balaban J connectivity index is 2.12. The first-order chi connectivity index (χ1) is 15.9. The van der Waals surface area contributed by atoms with E-state index in [0.29, 0.717) is 37.1 Å². The zero-order valence-corrected chi connectivity index (χ0v) is 20.1. The van der Waals surface area contributed by atoms with E-state index < -0.39 is 0 Å². The lowest BCUT2D eigenvalue weighted by atomic mass is 10.1. The molecule has 33 heavy (non-hydrogen) atoms. The lowest BCUT2D eigenvalue weighted by molar-refractivity contribution is -0.125. The largest absolute Gasteiger partial charge is 0.493 e. The summed E-state index contributed by atoms with van der Waals surface area (Å²) in [6.07, 6.45) is 5.76. The van der Waals surface area contributed by atoms with Gasteiger partial charge in [-0.05, 0) is 29.7 Å². The maximum Gasteiger partial charge on any atom is 0.246 e. The van der Waals surface area contributed by atoms with Crippen LogP contribution in [0.15, 0.2) is 36.5 Å². The van der Waals surface area contributed by atoms with Crippen LogP contribution in [0.2, 0.25) is 0 Å². The number of ether oxygens (including phenoxy) is 2. The van der Waals surface area contributed by atoms with Gasteiger partial charge in [-0.2, -0.15) is 0 Å². The van der Waals surface area contributed by atoms with Gasteiger partial charge in [0.1, 0.15) is 12.1 Å². The van der Waals surface area contributed by atoms with Crippen molar-refractivity contribution in [2.45, 2.75) is 26.9 Å². The molecular weight excluding hydrogens is 420 g/mol. The summed E-state index contributed by atoms with van der Waals surface area (Å²) in [4.78, 5) is 29.3. The van der Waals surface area contributed by atoms with Gasteiger partial charge in [0.25, 0.3) is 0 Å². The van der Waals surface area contributed by atoms with Crippen LogP contribution in [-0.4, -0.2) is 56.4 Å². The molecule has 1 amide bonds. The second kappa shape index (κ2) is 13.2. The van der Waals surface area contributed by atoms with E-state index in [2.05, 4.69) is 29.5 Å². The maximum atomic E-state index is 12.8. The third-order valence-electron chi connectivity index (χ3n) is 4.81. The third-order valence-corrected chi connectivity index (χ3v) is 4.81. The summed E-state index contributed by atoms with van der Waals surface area (Å²) in [5, 5.41) is 6.06. The number of nitrogens with zero attached hydrogens (tertiary/aromatic N) is 2. The van der Waals surface area contributed by atoms with E-state index in [1.807, 2.05) is 24.3 Å². The molecule has 0 bridgehead atoms. The molecule has 0 aliphatic carbocycles. The number of para-hydroxylation sites is 1. The van der Waals surface area contributed by atoms with Crippen LogP contribution in [0, 0.1) is 5.92 Å². The number of carbonyl (C=O) groups is 2. The molecule has 1 aromatic carbocycles. The average Bonchev–Trinajstić information content (AvgIpc) is 2.81. The van der Waals surface area contributed by atoms with Crippen molar-refractivity contribution < 1.29 is 19.1 Å². The number of hydrogen-bond acceptors (Lipinski definition) is 7.